The lowest BCUT2D eigenvalue weighted by atomic mass is 10.3. The van der Waals surface area contributed by atoms with E-state index in [1.54, 1.807) is 12.4 Å². The molecule has 0 spiro atoms. The molecule has 0 aliphatic heterocycles. The van der Waals surface area contributed by atoms with Crippen LogP contribution in [-0.2, 0) is 6.54 Å². The Hall–Kier alpha value is -1.16. The van der Waals surface area contributed by atoms with Crippen LogP contribution in [0.4, 0.5) is 0 Å². The minimum absolute atomic E-state index is 0.321. The SMILES string of the molecule is NC(=S)NCc1ccncc1. The van der Waals surface area contributed by atoms with Gasteiger partial charge in [0.1, 0.15) is 0 Å². The molecule has 4 heteroatoms. The second-order valence-electron chi connectivity index (χ2n) is 2.07. The van der Waals surface area contributed by atoms with Gasteiger partial charge in [-0.25, -0.2) is 0 Å². The van der Waals surface area contributed by atoms with Crippen molar-refractivity contribution in [2.75, 3.05) is 0 Å². The van der Waals surface area contributed by atoms with Crippen molar-refractivity contribution in [1.82, 2.24) is 10.3 Å². The zero-order valence-corrected chi connectivity index (χ0v) is 6.77. The molecular weight excluding hydrogens is 158 g/mol. The summed E-state index contributed by atoms with van der Waals surface area (Å²) in [6, 6.07) is 3.82. The van der Waals surface area contributed by atoms with E-state index in [4.69, 9.17) is 5.73 Å². The highest BCUT2D eigenvalue weighted by Gasteiger charge is 1.89. The van der Waals surface area contributed by atoms with Gasteiger partial charge in [-0.2, -0.15) is 0 Å². The van der Waals surface area contributed by atoms with Gasteiger partial charge in [0.2, 0.25) is 0 Å². The van der Waals surface area contributed by atoms with Crippen molar-refractivity contribution in [3.63, 3.8) is 0 Å². The number of aromatic nitrogens is 1. The number of hydrogen-bond donors (Lipinski definition) is 2. The lowest BCUT2D eigenvalue weighted by Crippen LogP contribution is -2.28. The van der Waals surface area contributed by atoms with Crippen LogP contribution >= 0.6 is 12.2 Å². The fourth-order valence-electron chi connectivity index (χ4n) is 0.690. The van der Waals surface area contributed by atoms with Gasteiger partial charge in [-0.05, 0) is 29.9 Å². The Kier molecular flexibility index (Phi) is 2.80. The number of nitrogens with zero attached hydrogens (tertiary/aromatic N) is 1. The van der Waals surface area contributed by atoms with Gasteiger partial charge < -0.3 is 11.1 Å². The van der Waals surface area contributed by atoms with Gasteiger partial charge in [-0.15, -0.1) is 0 Å². The Morgan fingerprint density at radius 1 is 1.55 bits per heavy atom. The van der Waals surface area contributed by atoms with Crippen LogP contribution < -0.4 is 11.1 Å². The third kappa shape index (κ3) is 2.95. The van der Waals surface area contributed by atoms with E-state index >= 15 is 0 Å². The Bertz CT molecular complexity index is 235. The molecule has 1 rings (SSSR count). The highest BCUT2D eigenvalue weighted by Crippen LogP contribution is 1.93. The molecule has 0 fully saturated rings. The van der Waals surface area contributed by atoms with E-state index in [0.29, 0.717) is 11.7 Å². The average Bonchev–Trinajstić information content (AvgIpc) is 2.03. The Labute approximate surface area is 70.6 Å². The van der Waals surface area contributed by atoms with E-state index < -0.39 is 0 Å². The molecular formula is C7H9N3S. The largest absolute Gasteiger partial charge is 0.376 e. The third-order valence-electron chi connectivity index (χ3n) is 1.22. The van der Waals surface area contributed by atoms with Gasteiger partial charge in [-0.3, -0.25) is 4.98 Å². The predicted molar refractivity (Wildman–Crippen MR) is 47.9 cm³/mol. The second-order valence-corrected chi connectivity index (χ2v) is 2.51. The molecule has 0 aliphatic rings. The van der Waals surface area contributed by atoms with Crippen molar-refractivity contribution >= 4 is 17.3 Å². The summed E-state index contributed by atoms with van der Waals surface area (Å²) < 4.78 is 0. The first-order valence-electron chi connectivity index (χ1n) is 3.21. The summed E-state index contributed by atoms with van der Waals surface area (Å²) in [5.41, 5.74) is 6.36. The van der Waals surface area contributed by atoms with Crippen LogP contribution in [0.15, 0.2) is 24.5 Å². The van der Waals surface area contributed by atoms with E-state index in [2.05, 4.69) is 22.5 Å². The van der Waals surface area contributed by atoms with Crippen molar-refractivity contribution < 1.29 is 0 Å². The number of hydrogen-bond acceptors (Lipinski definition) is 2. The molecule has 0 radical (unpaired) electrons. The number of rotatable bonds is 2. The van der Waals surface area contributed by atoms with Gasteiger partial charge >= 0.3 is 0 Å². The van der Waals surface area contributed by atoms with Gasteiger partial charge in [0, 0.05) is 18.9 Å². The Morgan fingerprint density at radius 2 is 2.18 bits per heavy atom. The molecule has 0 saturated heterocycles. The first-order chi connectivity index (χ1) is 5.29. The molecule has 58 valence electrons. The van der Waals surface area contributed by atoms with Crippen LogP contribution in [0.25, 0.3) is 0 Å². The van der Waals surface area contributed by atoms with Crippen molar-refractivity contribution in [2.45, 2.75) is 6.54 Å². The van der Waals surface area contributed by atoms with Gasteiger partial charge in [0.05, 0.1) is 0 Å². The van der Waals surface area contributed by atoms with E-state index in [9.17, 15) is 0 Å². The molecule has 0 amide bonds. The normalized spacial score (nSPS) is 9.09. The second kappa shape index (κ2) is 3.88. The fraction of sp³-hybridized carbons (Fsp3) is 0.143. The highest BCUT2D eigenvalue weighted by molar-refractivity contribution is 7.80. The zero-order chi connectivity index (χ0) is 8.10. The summed E-state index contributed by atoms with van der Waals surface area (Å²) in [7, 11) is 0. The zero-order valence-electron chi connectivity index (χ0n) is 5.95. The maximum atomic E-state index is 5.24. The molecule has 1 aromatic rings. The summed E-state index contributed by atoms with van der Waals surface area (Å²) in [6.45, 7) is 0.665. The van der Waals surface area contributed by atoms with E-state index in [-0.39, 0.29) is 0 Å². The maximum Gasteiger partial charge on any atom is 0.163 e. The van der Waals surface area contributed by atoms with Crippen LogP contribution in [0.3, 0.4) is 0 Å². The minimum atomic E-state index is 0.321. The standard InChI is InChI=1S/C7H9N3S/c8-7(11)10-5-6-1-3-9-4-2-6/h1-4H,5H2,(H3,8,10,11). The molecule has 0 bridgehead atoms. The molecule has 3 nitrogen and oxygen atoms in total. The smallest absolute Gasteiger partial charge is 0.163 e. The summed E-state index contributed by atoms with van der Waals surface area (Å²) >= 11 is 4.65. The minimum Gasteiger partial charge on any atom is -0.376 e. The lowest BCUT2D eigenvalue weighted by molar-refractivity contribution is 0.916. The Balaban J connectivity index is 2.45. The summed E-state index contributed by atoms with van der Waals surface area (Å²) in [5.74, 6) is 0. The maximum absolute atomic E-state index is 5.24. The van der Waals surface area contributed by atoms with Gasteiger partial charge in [0.25, 0.3) is 0 Å². The van der Waals surface area contributed by atoms with Crippen LogP contribution in [0.5, 0.6) is 0 Å². The van der Waals surface area contributed by atoms with E-state index in [1.807, 2.05) is 12.1 Å². The average molecular weight is 167 g/mol. The predicted octanol–water partition coefficient (Wildman–Crippen LogP) is 0.415. The Morgan fingerprint density at radius 3 is 2.73 bits per heavy atom. The molecule has 11 heavy (non-hydrogen) atoms. The van der Waals surface area contributed by atoms with Gasteiger partial charge in [0.15, 0.2) is 5.11 Å². The first kappa shape index (κ1) is 7.94. The quantitative estimate of drug-likeness (QED) is 0.627. The van der Waals surface area contributed by atoms with Crippen LogP contribution in [0.2, 0.25) is 0 Å². The van der Waals surface area contributed by atoms with Crippen molar-refractivity contribution in [3.05, 3.63) is 30.1 Å². The van der Waals surface area contributed by atoms with E-state index in [0.717, 1.165) is 5.56 Å². The number of nitrogens with one attached hydrogen (secondary N) is 1. The monoisotopic (exact) mass is 167 g/mol. The van der Waals surface area contributed by atoms with Crippen molar-refractivity contribution in [1.29, 1.82) is 0 Å². The number of nitrogens with two attached hydrogens (primary N) is 1. The molecule has 3 N–H and O–H groups in total. The van der Waals surface area contributed by atoms with Crippen LogP contribution in [-0.4, -0.2) is 10.1 Å². The first-order valence-corrected chi connectivity index (χ1v) is 3.62. The third-order valence-corrected chi connectivity index (χ3v) is 1.36. The highest BCUT2D eigenvalue weighted by atomic mass is 32.1. The van der Waals surface area contributed by atoms with Gasteiger partial charge in [-0.1, -0.05) is 0 Å². The van der Waals surface area contributed by atoms with Crippen LogP contribution in [0, 0.1) is 0 Å². The van der Waals surface area contributed by atoms with E-state index in [1.165, 1.54) is 0 Å². The molecule has 0 aliphatic carbocycles. The molecule has 0 atom stereocenters. The fourth-order valence-corrected chi connectivity index (χ4v) is 0.762. The van der Waals surface area contributed by atoms with Crippen LogP contribution in [0.1, 0.15) is 5.56 Å². The topological polar surface area (TPSA) is 50.9 Å². The van der Waals surface area contributed by atoms with Crippen molar-refractivity contribution in [2.24, 2.45) is 5.73 Å². The molecule has 0 unspecified atom stereocenters. The molecule has 1 aromatic heterocycles. The number of pyridine rings is 1. The summed E-state index contributed by atoms with van der Waals surface area (Å²) in [4.78, 5) is 3.88. The summed E-state index contributed by atoms with van der Waals surface area (Å²) in [6.07, 6.45) is 3.47. The molecule has 0 saturated carbocycles. The van der Waals surface area contributed by atoms with Crippen molar-refractivity contribution in [3.8, 4) is 0 Å². The molecule has 1 heterocycles. The number of thiocarbonyl (C=S) groups is 1. The summed E-state index contributed by atoms with van der Waals surface area (Å²) in [5, 5.41) is 3.16. The lowest BCUT2D eigenvalue weighted by Gasteiger charge is -2.01. The molecule has 0 aromatic carbocycles.